The fourth-order valence-electron chi connectivity index (χ4n) is 2.26. The lowest BCUT2D eigenvalue weighted by Crippen LogP contribution is -2.38. The van der Waals surface area contributed by atoms with Gasteiger partial charge in [0.1, 0.15) is 12.4 Å². The summed E-state index contributed by atoms with van der Waals surface area (Å²) in [6, 6.07) is 12.2. The van der Waals surface area contributed by atoms with Crippen LogP contribution < -0.4 is 10.6 Å². The van der Waals surface area contributed by atoms with Crippen LogP contribution in [0.15, 0.2) is 48.5 Å². The number of nitrogens with zero attached hydrogens (tertiary/aromatic N) is 1. The minimum Gasteiger partial charge on any atom is -0.453 e. The fourth-order valence-corrected chi connectivity index (χ4v) is 2.26. The van der Waals surface area contributed by atoms with Crippen LogP contribution in [-0.4, -0.2) is 43.5 Å². The molecule has 3 amide bonds. The lowest BCUT2D eigenvalue weighted by Gasteiger charge is -2.15. The molecule has 0 unspecified atom stereocenters. The van der Waals surface area contributed by atoms with Crippen molar-refractivity contribution in [2.75, 3.05) is 26.0 Å². The van der Waals surface area contributed by atoms with Crippen molar-refractivity contribution in [1.82, 2.24) is 10.2 Å². The first-order valence-electron chi connectivity index (χ1n) is 8.10. The van der Waals surface area contributed by atoms with Crippen LogP contribution in [0.4, 0.5) is 14.9 Å². The highest BCUT2D eigenvalue weighted by molar-refractivity contribution is 6.04. The average molecular weight is 373 g/mol. The molecule has 7 nitrogen and oxygen atoms in total. The van der Waals surface area contributed by atoms with E-state index in [0.29, 0.717) is 11.3 Å². The third-order valence-corrected chi connectivity index (χ3v) is 3.65. The Hall–Kier alpha value is -3.42. The molecule has 0 heterocycles. The molecule has 0 bridgehead atoms. The molecule has 0 aromatic heterocycles. The SMILES string of the molecule is COC(=O)N(C)CC(=O)NCc1cccc(NC(=O)c2ccc(F)cc2)c1. The second kappa shape index (κ2) is 9.33. The lowest BCUT2D eigenvalue weighted by atomic mass is 10.1. The zero-order valence-electron chi connectivity index (χ0n) is 15.0. The number of halogens is 1. The smallest absolute Gasteiger partial charge is 0.409 e. The van der Waals surface area contributed by atoms with Crippen LogP contribution in [0.5, 0.6) is 0 Å². The van der Waals surface area contributed by atoms with Gasteiger partial charge in [-0.1, -0.05) is 12.1 Å². The van der Waals surface area contributed by atoms with E-state index in [2.05, 4.69) is 15.4 Å². The van der Waals surface area contributed by atoms with Crippen molar-refractivity contribution < 1.29 is 23.5 Å². The van der Waals surface area contributed by atoms with E-state index < -0.39 is 11.9 Å². The maximum atomic E-state index is 12.9. The number of methoxy groups -OCH3 is 1. The molecule has 142 valence electrons. The van der Waals surface area contributed by atoms with E-state index in [1.807, 2.05) is 0 Å². The highest BCUT2D eigenvalue weighted by Crippen LogP contribution is 2.13. The van der Waals surface area contributed by atoms with Gasteiger partial charge in [-0.2, -0.15) is 0 Å². The molecule has 0 spiro atoms. The van der Waals surface area contributed by atoms with Gasteiger partial charge in [0.05, 0.1) is 7.11 Å². The van der Waals surface area contributed by atoms with Crippen molar-refractivity contribution in [2.45, 2.75) is 6.54 Å². The topological polar surface area (TPSA) is 87.7 Å². The van der Waals surface area contributed by atoms with Gasteiger partial charge in [-0.25, -0.2) is 9.18 Å². The van der Waals surface area contributed by atoms with Crippen LogP contribution in [-0.2, 0) is 16.1 Å². The predicted molar refractivity (Wildman–Crippen MR) is 97.7 cm³/mol. The van der Waals surface area contributed by atoms with E-state index in [1.54, 1.807) is 24.3 Å². The maximum absolute atomic E-state index is 12.9. The van der Waals surface area contributed by atoms with Crippen molar-refractivity contribution in [2.24, 2.45) is 0 Å². The number of likely N-dealkylation sites (N-methyl/N-ethyl adjacent to an activating group) is 1. The average Bonchev–Trinajstić information content (AvgIpc) is 2.66. The highest BCUT2D eigenvalue weighted by Gasteiger charge is 2.12. The minimum atomic E-state index is -0.601. The van der Waals surface area contributed by atoms with E-state index in [-0.39, 0.29) is 24.9 Å². The van der Waals surface area contributed by atoms with Crippen LogP contribution >= 0.6 is 0 Å². The Bertz CT molecular complexity index is 824. The van der Waals surface area contributed by atoms with Crippen molar-refractivity contribution in [3.05, 3.63) is 65.5 Å². The van der Waals surface area contributed by atoms with Gasteiger partial charge >= 0.3 is 6.09 Å². The van der Waals surface area contributed by atoms with E-state index in [0.717, 1.165) is 10.5 Å². The van der Waals surface area contributed by atoms with Crippen LogP contribution in [0.3, 0.4) is 0 Å². The summed E-state index contributed by atoms with van der Waals surface area (Å²) in [6.07, 6.45) is -0.601. The molecule has 0 aliphatic carbocycles. The maximum Gasteiger partial charge on any atom is 0.409 e. The summed E-state index contributed by atoms with van der Waals surface area (Å²) in [4.78, 5) is 36.4. The number of hydrogen-bond acceptors (Lipinski definition) is 4. The molecule has 2 aromatic rings. The molecule has 0 aliphatic heterocycles. The third-order valence-electron chi connectivity index (χ3n) is 3.65. The normalized spacial score (nSPS) is 10.0. The summed E-state index contributed by atoms with van der Waals surface area (Å²) >= 11 is 0. The Morgan fingerprint density at radius 2 is 1.81 bits per heavy atom. The second-order valence-electron chi connectivity index (χ2n) is 5.76. The first-order chi connectivity index (χ1) is 12.9. The van der Waals surface area contributed by atoms with Crippen molar-refractivity contribution >= 4 is 23.6 Å². The van der Waals surface area contributed by atoms with Gasteiger partial charge in [0, 0.05) is 24.8 Å². The highest BCUT2D eigenvalue weighted by atomic mass is 19.1. The molecular weight excluding hydrogens is 353 g/mol. The standard InChI is InChI=1S/C19H20FN3O4/c1-23(19(26)27-2)12-17(24)21-11-13-4-3-5-16(10-13)22-18(25)14-6-8-15(20)9-7-14/h3-10H,11-12H2,1-2H3,(H,21,24)(H,22,25). The molecular formula is C19H20FN3O4. The number of anilines is 1. The Morgan fingerprint density at radius 3 is 2.48 bits per heavy atom. The van der Waals surface area contributed by atoms with Gasteiger partial charge in [0.15, 0.2) is 0 Å². The Kier molecular flexibility index (Phi) is 6.87. The minimum absolute atomic E-state index is 0.131. The molecule has 2 N–H and O–H groups in total. The Balaban J connectivity index is 1.91. The fraction of sp³-hybridized carbons (Fsp3) is 0.211. The Labute approximate surface area is 156 Å². The van der Waals surface area contributed by atoms with E-state index in [4.69, 9.17) is 0 Å². The third kappa shape index (κ3) is 6.10. The molecule has 0 saturated heterocycles. The molecule has 0 fully saturated rings. The van der Waals surface area contributed by atoms with E-state index in [9.17, 15) is 18.8 Å². The molecule has 2 aromatic carbocycles. The Morgan fingerprint density at radius 1 is 1.11 bits per heavy atom. The molecule has 0 radical (unpaired) electrons. The number of carbonyl (C=O) groups excluding carboxylic acids is 3. The number of benzene rings is 2. The van der Waals surface area contributed by atoms with Crippen molar-refractivity contribution in [3.8, 4) is 0 Å². The largest absolute Gasteiger partial charge is 0.453 e. The summed E-state index contributed by atoms with van der Waals surface area (Å²) in [6.45, 7) is 0.0990. The van der Waals surface area contributed by atoms with Gasteiger partial charge < -0.3 is 20.3 Å². The molecule has 0 atom stereocenters. The monoisotopic (exact) mass is 373 g/mol. The first kappa shape index (κ1) is 19.9. The van der Waals surface area contributed by atoms with Gasteiger partial charge in [-0.3, -0.25) is 9.59 Å². The molecule has 0 saturated carbocycles. The van der Waals surface area contributed by atoms with E-state index in [1.165, 1.54) is 38.4 Å². The summed E-state index contributed by atoms with van der Waals surface area (Å²) in [7, 11) is 2.69. The number of rotatable bonds is 6. The van der Waals surface area contributed by atoms with Crippen LogP contribution in [0.25, 0.3) is 0 Å². The number of ether oxygens (including phenoxy) is 1. The lowest BCUT2D eigenvalue weighted by molar-refractivity contribution is -0.121. The molecule has 2 rings (SSSR count). The van der Waals surface area contributed by atoms with Gasteiger partial charge in [-0.05, 0) is 42.0 Å². The first-order valence-corrected chi connectivity index (χ1v) is 8.10. The number of carbonyl (C=O) groups is 3. The summed E-state index contributed by atoms with van der Waals surface area (Å²) in [5.74, 6) is -1.12. The predicted octanol–water partition coefficient (Wildman–Crippen LogP) is 2.39. The van der Waals surface area contributed by atoms with Crippen LogP contribution in [0.2, 0.25) is 0 Å². The van der Waals surface area contributed by atoms with Gasteiger partial charge in [0.2, 0.25) is 5.91 Å². The number of amides is 3. The van der Waals surface area contributed by atoms with Gasteiger partial charge in [-0.15, -0.1) is 0 Å². The zero-order chi connectivity index (χ0) is 19.8. The molecule has 27 heavy (non-hydrogen) atoms. The quantitative estimate of drug-likeness (QED) is 0.814. The van der Waals surface area contributed by atoms with Crippen molar-refractivity contribution in [3.63, 3.8) is 0 Å². The number of nitrogens with one attached hydrogen (secondary N) is 2. The van der Waals surface area contributed by atoms with Crippen molar-refractivity contribution in [1.29, 1.82) is 0 Å². The summed E-state index contributed by atoms with van der Waals surface area (Å²) < 4.78 is 17.4. The molecule has 0 aliphatic rings. The van der Waals surface area contributed by atoms with Gasteiger partial charge in [0.25, 0.3) is 5.91 Å². The van der Waals surface area contributed by atoms with E-state index >= 15 is 0 Å². The number of hydrogen-bond donors (Lipinski definition) is 2. The summed E-state index contributed by atoms with van der Waals surface area (Å²) in [5.41, 5.74) is 1.64. The zero-order valence-corrected chi connectivity index (χ0v) is 15.0. The van der Waals surface area contributed by atoms with Crippen LogP contribution in [0.1, 0.15) is 15.9 Å². The molecule has 8 heteroatoms. The second-order valence-corrected chi connectivity index (χ2v) is 5.76. The van der Waals surface area contributed by atoms with Crippen LogP contribution in [0, 0.1) is 5.82 Å². The summed E-state index contributed by atoms with van der Waals surface area (Å²) in [5, 5.41) is 5.40.